The number of hydrogen-bond donors (Lipinski definition) is 1. The van der Waals surface area contributed by atoms with E-state index >= 15 is 0 Å². The standard InChI is InChI=1S/C19H20N2O2S/c1-2-23-16-7-5-14(6-8-16)15-9-12-21(13-10-15)19(22)17-4-3-11-20-18(17)24/h3-9,11H,2,10,12-13H2,1H3,(H,20,24). The number of ether oxygens (including phenoxy) is 1. The Balaban J connectivity index is 1.71. The van der Waals surface area contributed by atoms with E-state index in [2.05, 4.69) is 23.2 Å². The number of rotatable bonds is 4. The fourth-order valence-electron chi connectivity index (χ4n) is 2.81. The minimum atomic E-state index is -0.0150. The van der Waals surface area contributed by atoms with Crippen LogP contribution in [0.5, 0.6) is 5.75 Å². The molecule has 4 nitrogen and oxygen atoms in total. The van der Waals surface area contributed by atoms with Crippen molar-refractivity contribution in [2.75, 3.05) is 19.7 Å². The number of aromatic amines is 1. The Morgan fingerprint density at radius 2 is 2.08 bits per heavy atom. The summed E-state index contributed by atoms with van der Waals surface area (Å²) in [6, 6.07) is 11.7. The lowest BCUT2D eigenvalue weighted by atomic mass is 9.99. The third kappa shape index (κ3) is 3.57. The second-order valence-electron chi connectivity index (χ2n) is 5.60. The van der Waals surface area contributed by atoms with Gasteiger partial charge in [0.2, 0.25) is 0 Å². The van der Waals surface area contributed by atoms with Crippen LogP contribution in [0.3, 0.4) is 0 Å². The van der Waals surface area contributed by atoms with Crippen LogP contribution < -0.4 is 4.74 Å². The van der Waals surface area contributed by atoms with Crippen LogP contribution in [0.2, 0.25) is 0 Å². The summed E-state index contributed by atoms with van der Waals surface area (Å²) in [6.45, 7) is 3.94. The number of hydrogen-bond acceptors (Lipinski definition) is 3. The molecule has 0 unspecified atom stereocenters. The Labute approximate surface area is 146 Å². The molecule has 0 atom stereocenters. The van der Waals surface area contributed by atoms with Crippen LogP contribution in [0, 0.1) is 4.64 Å². The molecule has 124 valence electrons. The van der Waals surface area contributed by atoms with E-state index in [1.807, 2.05) is 24.0 Å². The lowest BCUT2D eigenvalue weighted by molar-refractivity contribution is 0.0772. The zero-order valence-electron chi connectivity index (χ0n) is 13.6. The van der Waals surface area contributed by atoms with Gasteiger partial charge in [0.05, 0.1) is 12.2 Å². The quantitative estimate of drug-likeness (QED) is 0.853. The number of nitrogens with zero attached hydrogens (tertiary/aromatic N) is 1. The number of nitrogens with one attached hydrogen (secondary N) is 1. The number of carbonyl (C=O) groups excluding carboxylic acids is 1. The fraction of sp³-hybridized carbons (Fsp3) is 0.263. The van der Waals surface area contributed by atoms with Crippen molar-refractivity contribution in [3.05, 3.63) is 64.4 Å². The lowest BCUT2D eigenvalue weighted by Gasteiger charge is -2.26. The normalized spacial score (nSPS) is 14.2. The van der Waals surface area contributed by atoms with E-state index in [1.54, 1.807) is 18.3 Å². The molecule has 0 saturated carbocycles. The average molecular weight is 340 g/mol. The van der Waals surface area contributed by atoms with Gasteiger partial charge in [0, 0.05) is 19.3 Å². The van der Waals surface area contributed by atoms with Crippen molar-refractivity contribution in [1.82, 2.24) is 9.88 Å². The van der Waals surface area contributed by atoms with Crippen LogP contribution in [0.4, 0.5) is 0 Å². The number of amides is 1. The summed E-state index contributed by atoms with van der Waals surface area (Å²) in [7, 11) is 0. The van der Waals surface area contributed by atoms with Gasteiger partial charge < -0.3 is 14.6 Å². The van der Waals surface area contributed by atoms with Crippen LogP contribution >= 0.6 is 12.2 Å². The molecule has 0 spiro atoms. The number of pyridine rings is 1. The summed E-state index contributed by atoms with van der Waals surface area (Å²) < 4.78 is 5.96. The first-order valence-electron chi connectivity index (χ1n) is 8.08. The molecule has 1 amide bonds. The summed E-state index contributed by atoms with van der Waals surface area (Å²) in [5.41, 5.74) is 3.01. The average Bonchev–Trinajstić information content (AvgIpc) is 2.63. The molecule has 0 bridgehead atoms. The van der Waals surface area contributed by atoms with Gasteiger partial charge in [0.25, 0.3) is 5.91 Å². The van der Waals surface area contributed by atoms with E-state index in [-0.39, 0.29) is 5.91 Å². The highest BCUT2D eigenvalue weighted by molar-refractivity contribution is 7.71. The minimum absolute atomic E-state index is 0.0150. The number of aromatic nitrogens is 1. The molecule has 5 heteroatoms. The first kappa shape index (κ1) is 16.5. The molecule has 0 aliphatic carbocycles. The zero-order chi connectivity index (χ0) is 16.9. The van der Waals surface area contributed by atoms with Gasteiger partial charge in [-0.2, -0.15) is 0 Å². The van der Waals surface area contributed by atoms with E-state index < -0.39 is 0 Å². The Morgan fingerprint density at radius 1 is 1.29 bits per heavy atom. The van der Waals surface area contributed by atoms with Gasteiger partial charge >= 0.3 is 0 Å². The lowest BCUT2D eigenvalue weighted by Crippen LogP contribution is -2.34. The third-order valence-electron chi connectivity index (χ3n) is 4.08. The Kier molecular flexibility index (Phi) is 5.11. The molecule has 0 fully saturated rings. The zero-order valence-corrected chi connectivity index (χ0v) is 14.4. The summed E-state index contributed by atoms with van der Waals surface area (Å²) >= 11 is 5.20. The second kappa shape index (κ2) is 7.45. The second-order valence-corrected chi connectivity index (χ2v) is 6.01. The highest BCUT2D eigenvalue weighted by atomic mass is 32.1. The van der Waals surface area contributed by atoms with Gasteiger partial charge in [0.1, 0.15) is 10.4 Å². The topological polar surface area (TPSA) is 45.3 Å². The molecule has 1 N–H and O–H groups in total. The predicted molar refractivity (Wildman–Crippen MR) is 97.7 cm³/mol. The molecular weight excluding hydrogens is 320 g/mol. The Morgan fingerprint density at radius 3 is 2.71 bits per heavy atom. The molecule has 1 aliphatic rings. The maximum atomic E-state index is 12.6. The molecule has 3 rings (SSSR count). The summed E-state index contributed by atoms with van der Waals surface area (Å²) in [4.78, 5) is 17.3. The highest BCUT2D eigenvalue weighted by Gasteiger charge is 2.20. The highest BCUT2D eigenvalue weighted by Crippen LogP contribution is 2.25. The fourth-order valence-corrected chi connectivity index (χ4v) is 3.03. The van der Waals surface area contributed by atoms with Crippen molar-refractivity contribution in [1.29, 1.82) is 0 Å². The first-order chi connectivity index (χ1) is 11.7. The van der Waals surface area contributed by atoms with Gasteiger partial charge in [0.15, 0.2) is 0 Å². The summed E-state index contributed by atoms with van der Waals surface area (Å²) in [5.74, 6) is 0.867. The molecular formula is C19H20N2O2S. The van der Waals surface area contributed by atoms with Gasteiger partial charge in [-0.05, 0) is 48.7 Å². The molecule has 1 aromatic carbocycles. The molecule has 1 aliphatic heterocycles. The predicted octanol–water partition coefficient (Wildman–Crippen LogP) is 4.07. The molecule has 2 heterocycles. The smallest absolute Gasteiger partial charge is 0.257 e. The molecule has 2 aromatic rings. The van der Waals surface area contributed by atoms with Crippen LogP contribution in [0.25, 0.3) is 5.57 Å². The van der Waals surface area contributed by atoms with Crippen molar-refractivity contribution in [3.63, 3.8) is 0 Å². The van der Waals surface area contributed by atoms with E-state index in [1.165, 1.54) is 11.1 Å². The van der Waals surface area contributed by atoms with Crippen LogP contribution in [0.1, 0.15) is 29.3 Å². The Hall–Kier alpha value is -2.40. The van der Waals surface area contributed by atoms with Gasteiger partial charge in [-0.15, -0.1) is 0 Å². The molecule has 24 heavy (non-hydrogen) atoms. The first-order valence-corrected chi connectivity index (χ1v) is 8.49. The van der Waals surface area contributed by atoms with Crippen molar-refractivity contribution in [3.8, 4) is 5.75 Å². The van der Waals surface area contributed by atoms with Gasteiger partial charge in [-0.1, -0.05) is 30.4 Å². The van der Waals surface area contributed by atoms with Crippen molar-refractivity contribution in [2.24, 2.45) is 0 Å². The molecule has 0 saturated heterocycles. The molecule has 1 aromatic heterocycles. The van der Waals surface area contributed by atoms with Crippen LogP contribution in [-0.4, -0.2) is 35.5 Å². The maximum Gasteiger partial charge on any atom is 0.257 e. The monoisotopic (exact) mass is 340 g/mol. The summed E-state index contributed by atoms with van der Waals surface area (Å²) in [5, 5.41) is 0. The minimum Gasteiger partial charge on any atom is -0.494 e. The van der Waals surface area contributed by atoms with Crippen LogP contribution in [-0.2, 0) is 0 Å². The number of benzene rings is 1. The number of carbonyl (C=O) groups is 1. The van der Waals surface area contributed by atoms with Gasteiger partial charge in [-0.3, -0.25) is 4.79 Å². The van der Waals surface area contributed by atoms with Crippen LogP contribution in [0.15, 0.2) is 48.7 Å². The van der Waals surface area contributed by atoms with E-state index in [9.17, 15) is 4.79 Å². The largest absolute Gasteiger partial charge is 0.494 e. The van der Waals surface area contributed by atoms with Gasteiger partial charge in [-0.25, -0.2) is 0 Å². The van der Waals surface area contributed by atoms with Crippen molar-refractivity contribution in [2.45, 2.75) is 13.3 Å². The number of H-pyrrole nitrogens is 1. The maximum absolute atomic E-state index is 12.6. The summed E-state index contributed by atoms with van der Waals surface area (Å²) in [6.07, 6.45) is 4.69. The van der Waals surface area contributed by atoms with E-state index in [0.717, 1.165) is 12.2 Å². The SMILES string of the molecule is CCOc1ccc(C2=CCN(C(=O)c3ccc[nH]c3=S)CC2)cc1. The van der Waals surface area contributed by atoms with Crippen molar-refractivity contribution >= 4 is 23.7 Å². The third-order valence-corrected chi connectivity index (χ3v) is 4.42. The van der Waals surface area contributed by atoms with E-state index in [4.69, 9.17) is 17.0 Å². The Bertz CT molecular complexity index is 809. The molecule has 0 radical (unpaired) electrons. The van der Waals surface area contributed by atoms with Crippen molar-refractivity contribution < 1.29 is 9.53 Å². The van der Waals surface area contributed by atoms with E-state index in [0.29, 0.717) is 29.9 Å².